The maximum atomic E-state index is 11.9. The van der Waals surface area contributed by atoms with Crippen molar-refractivity contribution in [3.05, 3.63) is 0 Å². The number of carbonyl (C=O) groups excluding carboxylic acids is 3. The molecule has 0 aromatic carbocycles. The van der Waals surface area contributed by atoms with Gasteiger partial charge in [0.05, 0.1) is 6.02 Å². The molecule has 22 heavy (non-hydrogen) atoms. The van der Waals surface area contributed by atoms with E-state index in [1.165, 1.54) is 0 Å². The first-order valence-electron chi connectivity index (χ1n) is 7.16. The number of nitrogens with zero attached hydrogens (tertiary/aromatic N) is 1. The van der Waals surface area contributed by atoms with Crippen molar-refractivity contribution in [2.45, 2.75) is 53.4 Å². The Morgan fingerprint density at radius 2 is 1.86 bits per heavy atom. The van der Waals surface area contributed by atoms with E-state index in [9.17, 15) is 19.5 Å². The zero-order chi connectivity index (χ0) is 16.6. The first-order valence-corrected chi connectivity index (χ1v) is 7.16. The summed E-state index contributed by atoms with van der Waals surface area (Å²) >= 11 is 0. The molecule has 1 aliphatic rings. The van der Waals surface area contributed by atoms with E-state index in [0.717, 1.165) is 12.8 Å². The third-order valence-corrected chi connectivity index (χ3v) is 3.68. The van der Waals surface area contributed by atoms with E-state index >= 15 is 0 Å². The number of carbonyl (C=O) groups is 3. The monoisotopic (exact) mass is 321 g/mol. The molecule has 1 rings (SSSR count). The molecule has 120 valence electrons. The Hall–Kier alpha value is -0.920. The van der Waals surface area contributed by atoms with Crippen LogP contribution in [0.2, 0.25) is 0 Å². The van der Waals surface area contributed by atoms with E-state index in [2.05, 4.69) is 16.0 Å². The normalized spacial score (nSPS) is 21.5. The smallest absolute Gasteiger partial charge is 0.846 e. The van der Waals surface area contributed by atoms with Gasteiger partial charge in [-0.25, -0.2) is 4.99 Å². The first-order chi connectivity index (χ1) is 9.75. The average Bonchev–Trinajstić information content (AvgIpc) is 2.39. The van der Waals surface area contributed by atoms with E-state index in [1.807, 2.05) is 13.8 Å². The van der Waals surface area contributed by atoms with Crippen molar-refractivity contribution in [3.63, 3.8) is 0 Å². The van der Waals surface area contributed by atoms with Crippen molar-refractivity contribution in [3.8, 4) is 0 Å². The van der Waals surface area contributed by atoms with Gasteiger partial charge in [0.2, 0.25) is 11.8 Å². The third kappa shape index (κ3) is 5.70. The van der Waals surface area contributed by atoms with Gasteiger partial charge in [0.15, 0.2) is 0 Å². The van der Waals surface area contributed by atoms with Crippen LogP contribution >= 0.6 is 0 Å². The first kappa shape index (κ1) is 23.3. The second-order valence-electron chi connectivity index (χ2n) is 5.01. The van der Waals surface area contributed by atoms with Gasteiger partial charge in [-0.05, 0) is 18.8 Å². The average molecular weight is 321 g/mol. The van der Waals surface area contributed by atoms with E-state index < -0.39 is 23.3 Å². The molecule has 0 aromatic heterocycles. The molecular weight excluding hydrogens is 297 g/mol. The zero-order valence-electron chi connectivity index (χ0n) is 14.1. The molecule has 0 saturated carbocycles. The van der Waals surface area contributed by atoms with Crippen LogP contribution in [0.15, 0.2) is 4.99 Å². The second kappa shape index (κ2) is 10.7. The third-order valence-electron chi connectivity index (χ3n) is 3.68. The van der Waals surface area contributed by atoms with Crippen LogP contribution in [0.3, 0.4) is 0 Å². The summed E-state index contributed by atoms with van der Waals surface area (Å²) in [4.78, 5) is 36.6. The molecule has 0 aliphatic carbocycles. The minimum atomic E-state index is -1.15. The fourth-order valence-corrected chi connectivity index (χ4v) is 2.30. The SMILES string of the molecule is CCC(N)=O.CCCC(C)C1(CC)C(=O)N=C([O-])NC1=O.[Na+]. The summed E-state index contributed by atoms with van der Waals surface area (Å²) < 4.78 is 0. The summed E-state index contributed by atoms with van der Waals surface area (Å²) in [6, 6.07) is -0.845. The Morgan fingerprint density at radius 3 is 2.18 bits per heavy atom. The molecule has 0 fully saturated rings. The van der Waals surface area contributed by atoms with Crippen LogP contribution in [0, 0.1) is 11.3 Å². The van der Waals surface area contributed by atoms with E-state index in [0.29, 0.717) is 12.8 Å². The van der Waals surface area contributed by atoms with Gasteiger partial charge in [-0.2, -0.15) is 0 Å². The summed E-state index contributed by atoms with van der Waals surface area (Å²) in [5.41, 5.74) is 3.50. The largest absolute Gasteiger partial charge is 1.00 e. The van der Waals surface area contributed by atoms with Crippen LogP contribution in [0.1, 0.15) is 53.4 Å². The number of primary amides is 1. The van der Waals surface area contributed by atoms with Gasteiger partial charge in [-0.15, -0.1) is 0 Å². The number of aliphatic imine (C=N–C) groups is 1. The number of amidine groups is 1. The van der Waals surface area contributed by atoms with Crippen molar-refractivity contribution >= 4 is 23.7 Å². The van der Waals surface area contributed by atoms with Crippen LogP contribution in [0.4, 0.5) is 0 Å². The fourth-order valence-electron chi connectivity index (χ4n) is 2.30. The Bertz CT molecular complexity index is 440. The Kier molecular flexibility index (Phi) is 11.4. The molecule has 2 unspecified atom stereocenters. The fraction of sp³-hybridized carbons (Fsp3) is 0.714. The summed E-state index contributed by atoms with van der Waals surface area (Å²) in [6.45, 7) is 7.35. The summed E-state index contributed by atoms with van der Waals surface area (Å²) in [7, 11) is 0. The summed E-state index contributed by atoms with van der Waals surface area (Å²) in [5.74, 6) is -1.44. The summed E-state index contributed by atoms with van der Waals surface area (Å²) in [6.07, 6.45) is 2.46. The van der Waals surface area contributed by atoms with E-state index in [1.54, 1.807) is 13.8 Å². The number of nitrogens with two attached hydrogens (primary N) is 1. The van der Waals surface area contributed by atoms with Crippen molar-refractivity contribution in [2.24, 2.45) is 22.1 Å². The van der Waals surface area contributed by atoms with Gasteiger partial charge in [-0.3, -0.25) is 14.4 Å². The predicted molar refractivity (Wildman–Crippen MR) is 76.9 cm³/mol. The van der Waals surface area contributed by atoms with Crippen LogP contribution < -0.4 is 45.7 Å². The summed E-state index contributed by atoms with van der Waals surface area (Å²) in [5, 5.41) is 13.1. The Morgan fingerprint density at radius 1 is 1.36 bits per heavy atom. The van der Waals surface area contributed by atoms with Crippen molar-refractivity contribution < 1.29 is 49.0 Å². The molecule has 0 saturated heterocycles. The van der Waals surface area contributed by atoms with E-state index in [4.69, 9.17) is 0 Å². The molecule has 1 heterocycles. The molecule has 1 aliphatic heterocycles. The Balaban J connectivity index is 0. The Labute approximate surface area is 153 Å². The van der Waals surface area contributed by atoms with Crippen LogP contribution in [-0.4, -0.2) is 23.7 Å². The molecule has 0 aromatic rings. The molecule has 0 radical (unpaired) electrons. The molecular formula is C14H24N3NaO4. The minimum Gasteiger partial charge on any atom is -0.846 e. The number of hydrogen-bond donors (Lipinski definition) is 2. The van der Waals surface area contributed by atoms with E-state index in [-0.39, 0.29) is 41.4 Å². The number of rotatable bonds is 5. The molecule has 8 heteroatoms. The second-order valence-corrected chi connectivity index (χ2v) is 5.01. The van der Waals surface area contributed by atoms with Gasteiger partial charge < -0.3 is 16.2 Å². The topological polar surface area (TPSA) is 125 Å². The van der Waals surface area contributed by atoms with Crippen LogP contribution in [0.25, 0.3) is 0 Å². The quantitative estimate of drug-likeness (QED) is 0.415. The standard InChI is InChI=1S/C11H18N2O3.C3H7NO.Na/c1-4-6-7(3)11(5-2)8(14)12-10(16)13-9(11)15;1-2-3(4)5;/h7H,4-6H2,1-3H3,(H2,12,13,14,15,16);2H2,1H3,(H2,4,5);/q;;+1/p-1. The van der Waals surface area contributed by atoms with Gasteiger partial charge in [-0.1, -0.05) is 34.1 Å². The molecule has 3 amide bonds. The van der Waals surface area contributed by atoms with Crippen LogP contribution in [-0.2, 0) is 14.4 Å². The molecule has 0 spiro atoms. The van der Waals surface area contributed by atoms with Gasteiger partial charge in [0.25, 0.3) is 5.91 Å². The van der Waals surface area contributed by atoms with Crippen molar-refractivity contribution in [1.29, 1.82) is 0 Å². The maximum absolute atomic E-state index is 11.9. The van der Waals surface area contributed by atoms with Gasteiger partial charge in [0, 0.05) is 6.42 Å². The predicted octanol–water partition coefficient (Wildman–Crippen LogP) is -2.92. The molecule has 2 atom stereocenters. The van der Waals surface area contributed by atoms with Crippen molar-refractivity contribution in [1.82, 2.24) is 5.32 Å². The molecule has 3 N–H and O–H groups in total. The minimum absolute atomic E-state index is 0. The van der Waals surface area contributed by atoms with Crippen molar-refractivity contribution in [2.75, 3.05) is 0 Å². The van der Waals surface area contributed by atoms with Gasteiger partial charge in [0.1, 0.15) is 5.41 Å². The van der Waals surface area contributed by atoms with Gasteiger partial charge >= 0.3 is 29.6 Å². The molecule has 7 nitrogen and oxygen atoms in total. The van der Waals surface area contributed by atoms with Crippen LogP contribution in [0.5, 0.6) is 0 Å². The number of amides is 3. The number of hydrogen-bond acceptors (Lipinski definition) is 4. The maximum Gasteiger partial charge on any atom is 1.00 e. The number of nitrogens with one attached hydrogen (secondary N) is 1. The molecule has 0 bridgehead atoms. The zero-order valence-corrected chi connectivity index (χ0v) is 16.1.